The molecule has 2 aliphatic rings. The van der Waals surface area contributed by atoms with Crippen LogP contribution in [0.2, 0.25) is 0 Å². The highest BCUT2D eigenvalue weighted by Gasteiger charge is 2.40. The molecule has 13 nitrogen and oxygen atoms in total. The second kappa shape index (κ2) is 16.1. The number of aromatic hydroxyl groups is 1. The van der Waals surface area contributed by atoms with Crippen LogP contribution in [0, 0.1) is 5.92 Å². The number of hydrogen-bond acceptors (Lipinski definition) is 7. The first-order valence-corrected chi connectivity index (χ1v) is 16.0. The molecule has 2 saturated heterocycles. The summed E-state index contributed by atoms with van der Waals surface area (Å²) in [5, 5.41) is 23.1. The first kappa shape index (κ1) is 34.9. The molecule has 4 rings (SSSR count). The maximum Gasteiger partial charge on any atom is 0.245 e. The molecule has 0 spiro atoms. The second-order valence-corrected chi connectivity index (χ2v) is 12.6. The van der Waals surface area contributed by atoms with E-state index in [0.29, 0.717) is 24.8 Å². The highest BCUT2D eigenvalue weighted by atomic mass is 16.3. The Bertz CT molecular complexity index is 1450. The summed E-state index contributed by atoms with van der Waals surface area (Å²) >= 11 is 0. The van der Waals surface area contributed by atoms with Gasteiger partial charge >= 0.3 is 0 Å². The van der Waals surface area contributed by atoms with Crippen LogP contribution in [-0.2, 0) is 41.6 Å². The zero-order valence-electron chi connectivity index (χ0n) is 27.0. The van der Waals surface area contributed by atoms with E-state index in [1.165, 1.54) is 24.0 Å². The number of fused-ring (bicyclic) bond motifs is 1. The summed E-state index contributed by atoms with van der Waals surface area (Å²) < 4.78 is 0. The van der Waals surface area contributed by atoms with Gasteiger partial charge in [0, 0.05) is 19.4 Å². The number of amides is 6. The van der Waals surface area contributed by atoms with E-state index in [-0.39, 0.29) is 31.1 Å². The van der Waals surface area contributed by atoms with E-state index < -0.39 is 72.2 Å². The normalized spacial score (nSPS) is 25.1. The monoisotopic (exact) mass is 648 g/mol. The van der Waals surface area contributed by atoms with E-state index in [9.17, 15) is 33.9 Å². The largest absolute Gasteiger partial charge is 0.508 e. The van der Waals surface area contributed by atoms with Gasteiger partial charge in [0.1, 0.15) is 36.0 Å². The van der Waals surface area contributed by atoms with Crippen molar-refractivity contribution in [3.05, 3.63) is 65.7 Å². The molecular weight excluding hydrogens is 604 g/mol. The third-order valence-electron chi connectivity index (χ3n) is 8.28. The van der Waals surface area contributed by atoms with Crippen molar-refractivity contribution in [1.29, 1.82) is 0 Å². The fourth-order valence-electron chi connectivity index (χ4n) is 5.82. The molecule has 0 aromatic heterocycles. The van der Waals surface area contributed by atoms with E-state index in [1.807, 2.05) is 44.2 Å². The van der Waals surface area contributed by atoms with Crippen molar-refractivity contribution >= 4 is 35.4 Å². The van der Waals surface area contributed by atoms with Crippen molar-refractivity contribution < 1.29 is 33.9 Å². The average Bonchev–Trinajstić information content (AvgIpc) is 3.53. The minimum absolute atomic E-state index is 0.00902. The molecule has 6 amide bonds. The zero-order chi connectivity index (χ0) is 34.1. The molecule has 252 valence electrons. The van der Waals surface area contributed by atoms with Crippen molar-refractivity contribution in [2.75, 3.05) is 13.1 Å². The summed E-state index contributed by atoms with van der Waals surface area (Å²) in [7, 11) is 0. The fraction of sp³-hybridized carbons (Fsp3) is 0.471. The van der Waals surface area contributed by atoms with E-state index in [2.05, 4.69) is 26.6 Å². The van der Waals surface area contributed by atoms with Gasteiger partial charge in [0.2, 0.25) is 35.4 Å². The van der Waals surface area contributed by atoms with Crippen molar-refractivity contribution in [2.24, 2.45) is 5.92 Å². The van der Waals surface area contributed by atoms with Gasteiger partial charge in [-0.25, -0.2) is 0 Å². The van der Waals surface area contributed by atoms with Gasteiger partial charge in [-0.05, 0) is 55.4 Å². The van der Waals surface area contributed by atoms with Crippen molar-refractivity contribution in [3.8, 4) is 5.75 Å². The minimum Gasteiger partial charge on any atom is -0.508 e. The van der Waals surface area contributed by atoms with Gasteiger partial charge in [-0.1, -0.05) is 56.3 Å². The van der Waals surface area contributed by atoms with Crippen LogP contribution in [0.15, 0.2) is 54.6 Å². The van der Waals surface area contributed by atoms with Crippen molar-refractivity contribution in [1.82, 2.24) is 31.5 Å². The molecule has 2 aromatic rings. The van der Waals surface area contributed by atoms with Crippen molar-refractivity contribution in [2.45, 2.75) is 83.1 Å². The summed E-state index contributed by atoms with van der Waals surface area (Å²) in [4.78, 5) is 82.3. The quantitative estimate of drug-likeness (QED) is 0.260. The number of nitrogens with zero attached hydrogens (tertiary/aromatic N) is 1. The van der Waals surface area contributed by atoms with Crippen LogP contribution < -0.4 is 26.6 Å². The molecule has 0 saturated carbocycles. The lowest BCUT2D eigenvalue weighted by Gasteiger charge is -2.31. The summed E-state index contributed by atoms with van der Waals surface area (Å²) in [6.45, 7) is 5.10. The van der Waals surface area contributed by atoms with Gasteiger partial charge < -0.3 is 36.6 Å². The first-order valence-electron chi connectivity index (χ1n) is 16.0. The predicted octanol–water partition coefficient (Wildman–Crippen LogP) is 0.303. The predicted molar refractivity (Wildman–Crippen MR) is 173 cm³/mol. The molecule has 2 aromatic carbocycles. The maximum atomic E-state index is 14.0. The Morgan fingerprint density at radius 1 is 0.745 bits per heavy atom. The smallest absolute Gasteiger partial charge is 0.245 e. The molecule has 2 aliphatic heterocycles. The molecule has 5 atom stereocenters. The van der Waals surface area contributed by atoms with Gasteiger partial charge in [0.05, 0.1) is 6.54 Å². The highest BCUT2D eigenvalue weighted by Crippen LogP contribution is 2.21. The lowest BCUT2D eigenvalue weighted by atomic mass is 10.00. The second-order valence-electron chi connectivity index (χ2n) is 12.6. The van der Waals surface area contributed by atoms with E-state index in [4.69, 9.17) is 0 Å². The lowest BCUT2D eigenvalue weighted by Crippen LogP contribution is -2.60. The van der Waals surface area contributed by atoms with Crippen LogP contribution in [0.25, 0.3) is 0 Å². The molecule has 13 heteroatoms. The zero-order valence-corrected chi connectivity index (χ0v) is 27.0. The number of carbonyl (C=O) groups is 6. The highest BCUT2D eigenvalue weighted by molar-refractivity contribution is 5.97. The van der Waals surface area contributed by atoms with Gasteiger partial charge in [-0.2, -0.15) is 0 Å². The van der Waals surface area contributed by atoms with Crippen LogP contribution >= 0.6 is 0 Å². The van der Waals surface area contributed by atoms with Gasteiger partial charge in [0.25, 0.3) is 0 Å². The minimum atomic E-state index is -1.12. The van der Waals surface area contributed by atoms with Crippen LogP contribution in [0.4, 0.5) is 0 Å². The summed E-state index contributed by atoms with van der Waals surface area (Å²) in [5.74, 6) is -3.37. The van der Waals surface area contributed by atoms with E-state index in [0.717, 1.165) is 5.56 Å². The Hall–Kier alpha value is -4.94. The molecule has 0 aliphatic carbocycles. The van der Waals surface area contributed by atoms with Crippen LogP contribution in [0.3, 0.4) is 0 Å². The third kappa shape index (κ3) is 9.77. The Balaban J connectivity index is 1.65. The van der Waals surface area contributed by atoms with E-state index in [1.54, 1.807) is 12.1 Å². The Morgan fingerprint density at radius 2 is 1.34 bits per heavy atom. The van der Waals surface area contributed by atoms with Crippen LogP contribution in [0.1, 0.15) is 51.2 Å². The van der Waals surface area contributed by atoms with Gasteiger partial charge in [0.15, 0.2) is 0 Å². The Morgan fingerprint density at radius 3 is 2.00 bits per heavy atom. The summed E-state index contributed by atoms with van der Waals surface area (Å²) in [6, 6.07) is 10.1. The molecule has 6 N–H and O–H groups in total. The maximum absolute atomic E-state index is 14.0. The summed E-state index contributed by atoms with van der Waals surface area (Å²) in [5.41, 5.74) is 1.42. The number of hydrogen-bond donors (Lipinski definition) is 6. The summed E-state index contributed by atoms with van der Waals surface area (Å²) in [6.07, 6.45) is 1.38. The standard InChI is InChI=1S/C34H44N6O7/c1-20(2)16-27-34(47)40-15-7-10-28(40)33(46)38-26(18-23-11-13-24(41)14-12-23)31(44)36-21(3)30(43)35-19-29(42)37-25(32(45)39-27)17-22-8-5-4-6-9-22/h4-6,8-9,11-14,20-21,25-28,41H,7,10,15-19H2,1-3H3,(H,35,43)(H,36,44)(H,37,42)(H,38,46)(H,39,45)/t21-,25-,26+,27+,28+/m1/s1. The first-order chi connectivity index (χ1) is 22.4. The van der Waals surface area contributed by atoms with E-state index >= 15 is 0 Å². The molecule has 0 bridgehead atoms. The molecule has 0 unspecified atom stereocenters. The number of phenols is 1. The topological polar surface area (TPSA) is 186 Å². The Labute approximate surface area is 274 Å². The number of benzene rings is 2. The fourth-order valence-corrected chi connectivity index (χ4v) is 5.82. The van der Waals surface area contributed by atoms with Gasteiger partial charge in [-0.3, -0.25) is 28.8 Å². The molecule has 2 heterocycles. The number of rotatable bonds is 6. The molecule has 47 heavy (non-hydrogen) atoms. The number of phenolic OH excluding ortho intramolecular Hbond substituents is 1. The molecular formula is C34H44N6O7. The van der Waals surface area contributed by atoms with Crippen LogP contribution in [0.5, 0.6) is 5.75 Å². The van der Waals surface area contributed by atoms with Gasteiger partial charge in [-0.15, -0.1) is 0 Å². The van der Waals surface area contributed by atoms with Crippen molar-refractivity contribution in [3.63, 3.8) is 0 Å². The molecule has 0 radical (unpaired) electrons. The lowest BCUT2D eigenvalue weighted by molar-refractivity contribution is -0.143. The number of carbonyl (C=O) groups excluding carboxylic acids is 6. The Kier molecular flexibility index (Phi) is 11.9. The number of nitrogens with one attached hydrogen (secondary N) is 5. The average molecular weight is 649 g/mol. The molecule has 2 fully saturated rings. The third-order valence-corrected chi connectivity index (χ3v) is 8.28. The SMILES string of the molecule is CC(C)C[C@@H]1NC(=O)[C@@H](Cc2ccccc2)NC(=O)CNC(=O)[C@@H](C)NC(=O)[C@H](Cc2ccc(O)cc2)NC(=O)[C@@H]2CCCN2C1=O. The van der Waals surface area contributed by atoms with Crippen LogP contribution in [-0.4, -0.2) is 88.7 Å².